The highest BCUT2D eigenvalue weighted by molar-refractivity contribution is 7.80. The molecule has 0 saturated carbocycles. The molecule has 0 heterocycles. The lowest BCUT2D eigenvalue weighted by Gasteiger charge is -2.23. The van der Waals surface area contributed by atoms with Crippen molar-refractivity contribution in [3.63, 3.8) is 0 Å². The van der Waals surface area contributed by atoms with E-state index in [0.29, 0.717) is 17.1 Å². The van der Waals surface area contributed by atoms with Gasteiger partial charge in [-0.25, -0.2) is 4.99 Å². The van der Waals surface area contributed by atoms with Crippen LogP contribution in [0.5, 0.6) is 0 Å². The molecule has 0 aliphatic carbocycles. The molecular weight excluding hydrogens is 395 g/mol. The normalized spacial score (nSPS) is 11.7. The van der Waals surface area contributed by atoms with Crippen LogP contribution < -0.4 is 0 Å². The molecule has 3 nitrogen and oxygen atoms in total. The summed E-state index contributed by atoms with van der Waals surface area (Å²) in [4.78, 5) is 8.88. The Balaban J connectivity index is 2.21. The van der Waals surface area contributed by atoms with Gasteiger partial charge in [-0.2, -0.15) is 13.2 Å². The van der Waals surface area contributed by atoms with Gasteiger partial charge in [0.2, 0.25) is 0 Å². The first-order chi connectivity index (χ1) is 13.5. The zero-order valence-corrected chi connectivity index (χ0v) is 18.2. The average molecular weight is 422 g/mol. The third kappa shape index (κ3) is 6.03. The lowest BCUT2D eigenvalue weighted by atomic mass is 10.0. The molecule has 156 valence electrons. The van der Waals surface area contributed by atoms with Crippen molar-refractivity contribution in [2.24, 2.45) is 4.99 Å². The van der Waals surface area contributed by atoms with Crippen LogP contribution in [0.15, 0.2) is 41.4 Å². The number of halogens is 3. The molecule has 2 rings (SSSR count). The molecule has 2 aromatic carbocycles. The number of hydrogen-bond donors (Lipinski definition) is 0. The van der Waals surface area contributed by atoms with Crippen molar-refractivity contribution in [3.05, 3.63) is 64.2 Å². The summed E-state index contributed by atoms with van der Waals surface area (Å²) < 4.78 is 38.8. The summed E-state index contributed by atoms with van der Waals surface area (Å²) in [6.07, 6.45) is -2.56. The maximum atomic E-state index is 12.9. The standard InChI is InChI=1S/C22H26F3N3S/c1-6-27(4)14-26-20-11-15(2)19(10-16(20)3)21(29)28(5)13-17-8-7-9-18(12-17)22(23,24)25/h7-12,14H,6,13H2,1-5H3. The molecule has 0 radical (unpaired) electrons. The summed E-state index contributed by atoms with van der Waals surface area (Å²) in [6.45, 7) is 7.14. The molecule has 0 unspecified atom stereocenters. The van der Waals surface area contributed by atoms with E-state index in [2.05, 4.69) is 4.99 Å². The molecule has 2 aromatic rings. The van der Waals surface area contributed by atoms with Gasteiger partial charge in [-0.15, -0.1) is 0 Å². The molecule has 0 atom stereocenters. The van der Waals surface area contributed by atoms with Crippen molar-refractivity contribution in [1.82, 2.24) is 9.80 Å². The highest BCUT2D eigenvalue weighted by atomic mass is 32.1. The molecule has 0 amide bonds. The van der Waals surface area contributed by atoms with Crippen LogP contribution in [0, 0.1) is 13.8 Å². The molecule has 0 N–H and O–H groups in total. The van der Waals surface area contributed by atoms with E-state index in [9.17, 15) is 13.2 Å². The fraction of sp³-hybridized carbons (Fsp3) is 0.364. The van der Waals surface area contributed by atoms with Crippen LogP contribution in [0.3, 0.4) is 0 Å². The molecule has 29 heavy (non-hydrogen) atoms. The first-order valence-corrected chi connectivity index (χ1v) is 9.71. The van der Waals surface area contributed by atoms with Gasteiger partial charge in [0.15, 0.2) is 0 Å². The molecule has 0 bridgehead atoms. The van der Waals surface area contributed by atoms with E-state index in [4.69, 9.17) is 12.2 Å². The second-order valence-electron chi connectivity index (χ2n) is 7.13. The molecule has 0 aliphatic heterocycles. The third-order valence-corrected chi connectivity index (χ3v) is 5.22. The second kappa shape index (κ2) is 9.39. The van der Waals surface area contributed by atoms with E-state index in [0.717, 1.165) is 35.0 Å². The number of nitrogens with zero attached hydrogens (tertiary/aromatic N) is 3. The molecular formula is C22H26F3N3S. The minimum atomic E-state index is -4.36. The molecule has 0 saturated heterocycles. The zero-order chi connectivity index (χ0) is 21.8. The van der Waals surface area contributed by atoms with Crippen LogP contribution in [-0.2, 0) is 12.7 Å². The van der Waals surface area contributed by atoms with E-state index >= 15 is 0 Å². The Bertz CT molecular complexity index is 907. The van der Waals surface area contributed by atoms with Crippen LogP contribution in [0.1, 0.15) is 34.7 Å². The third-order valence-electron chi connectivity index (χ3n) is 4.69. The number of hydrogen-bond acceptors (Lipinski definition) is 2. The molecule has 0 fully saturated rings. The Labute approximate surface area is 175 Å². The van der Waals surface area contributed by atoms with Crippen molar-refractivity contribution in [2.45, 2.75) is 33.5 Å². The Morgan fingerprint density at radius 1 is 1.10 bits per heavy atom. The number of benzene rings is 2. The van der Waals surface area contributed by atoms with Crippen molar-refractivity contribution in [3.8, 4) is 0 Å². The monoisotopic (exact) mass is 421 g/mol. The number of aryl methyl sites for hydroxylation is 2. The molecule has 0 aliphatic rings. The van der Waals surface area contributed by atoms with Crippen molar-refractivity contribution in [1.29, 1.82) is 0 Å². The average Bonchev–Trinajstić information content (AvgIpc) is 2.66. The first-order valence-electron chi connectivity index (χ1n) is 9.30. The van der Waals surface area contributed by atoms with Crippen molar-refractivity contribution >= 4 is 29.2 Å². The minimum Gasteiger partial charge on any atom is -0.366 e. The Hall–Kier alpha value is -2.41. The van der Waals surface area contributed by atoms with Gasteiger partial charge in [-0.1, -0.05) is 24.4 Å². The van der Waals surface area contributed by atoms with Gasteiger partial charge in [0.05, 0.1) is 17.6 Å². The topological polar surface area (TPSA) is 18.8 Å². The second-order valence-corrected chi connectivity index (χ2v) is 7.52. The largest absolute Gasteiger partial charge is 0.416 e. The van der Waals surface area contributed by atoms with Gasteiger partial charge in [-0.3, -0.25) is 0 Å². The van der Waals surface area contributed by atoms with Gasteiger partial charge in [-0.05, 0) is 61.7 Å². The SMILES string of the molecule is CCN(C)C=Nc1cc(C)c(C(=S)N(C)Cc2cccc(C(F)(F)F)c2)cc1C. The summed E-state index contributed by atoms with van der Waals surface area (Å²) in [5, 5.41) is 0. The van der Waals surface area contributed by atoms with E-state index in [1.165, 1.54) is 12.1 Å². The van der Waals surface area contributed by atoms with Gasteiger partial charge in [0.25, 0.3) is 0 Å². The highest BCUT2D eigenvalue weighted by Crippen LogP contribution is 2.30. The van der Waals surface area contributed by atoms with E-state index in [-0.39, 0.29) is 0 Å². The van der Waals surface area contributed by atoms with Gasteiger partial charge >= 0.3 is 6.18 Å². The van der Waals surface area contributed by atoms with Crippen LogP contribution >= 0.6 is 12.2 Å². The maximum absolute atomic E-state index is 12.9. The number of alkyl halides is 3. The molecule has 7 heteroatoms. The van der Waals surface area contributed by atoms with E-state index in [1.54, 1.807) is 24.4 Å². The van der Waals surface area contributed by atoms with Crippen LogP contribution in [0.25, 0.3) is 0 Å². The van der Waals surface area contributed by atoms with Crippen LogP contribution in [0.4, 0.5) is 18.9 Å². The number of rotatable bonds is 6. The summed E-state index contributed by atoms with van der Waals surface area (Å²) in [7, 11) is 3.75. The first kappa shape index (κ1) is 22.9. The van der Waals surface area contributed by atoms with Crippen LogP contribution in [-0.4, -0.2) is 41.8 Å². The van der Waals surface area contributed by atoms with E-state index < -0.39 is 11.7 Å². The van der Waals surface area contributed by atoms with Gasteiger partial charge < -0.3 is 9.80 Å². The fourth-order valence-corrected chi connectivity index (χ4v) is 3.09. The highest BCUT2D eigenvalue weighted by Gasteiger charge is 2.30. The Kier molecular flexibility index (Phi) is 7.41. The predicted molar refractivity (Wildman–Crippen MR) is 117 cm³/mol. The number of thiocarbonyl (C=S) groups is 1. The Morgan fingerprint density at radius 3 is 2.41 bits per heavy atom. The van der Waals surface area contributed by atoms with Gasteiger partial charge in [0.1, 0.15) is 4.99 Å². The predicted octanol–water partition coefficient (Wildman–Crippen LogP) is 5.74. The Morgan fingerprint density at radius 2 is 1.79 bits per heavy atom. The van der Waals surface area contributed by atoms with Crippen LogP contribution in [0.2, 0.25) is 0 Å². The van der Waals surface area contributed by atoms with Gasteiger partial charge in [0, 0.05) is 32.7 Å². The smallest absolute Gasteiger partial charge is 0.366 e. The van der Waals surface area contributed by atoms with E-state index in [1.807, 2.05) is 44.9 Å². The summed E-state index contributed by atoms with van der Waals surface area (Å²) in [5.74, 6) is 0. The summed E-state index contributed by atoms with van der Waals surface area (Å²) in [6, 6.07) is 9.30. The summed E-state index contributed by atoms with van der Waals surface area (Å²) >= 11 is 5.62. The molecule has 0 aromatic heterocycles. The quantitative estimate of drug-likeness (QED) is 0.337. The zero-order valence-electron chi connectivity index (χ0n) is 17.3. The van der Waals surface area contributed by atoms with Crippen molar-refractivity contribution in [2.75, 3.05) is 20.6 Å². The fourth-order valence-electron chi connectivity index (χ4n) is 2.81. The lowest BCUT2D eigenvalue weighted by molar-refractivity contribution is -0.137. The lowest BCUT2D eigenvalue weighted by Crippen LogP contribution is -2.26. The van der Waals surface area contributed by atoms with Crippen molar-refractivity contribution < 1.29 is 13.2 Å². The maximum Gasteiger partial charge on any atom is 0.416 e. The minimum absolute atomic E-state index is 0.294. The summed E-state index contributed by atoms with van der Waals surface area (Å²) in [5.41, 5.74) is 3.62. The number of aliphatic imine (C=N–C) groups is 1. The molecule has 0 spiro atoms.